The highest BCUT2D eigenvalue weighted by Gasteiger charge is 2.12. The van der Waals surface area contributed by atoms with E-state index in [9.17, 15) is 4.79 Å². The number of anilines is 2. The zero-order valence-corrected chi connectivity index (χ0v) is 12.2. The molecule has 3 N–H and O–H groups in total. The lowest BCUT2D eigenvalue weighted by Crippen LogP contribution is -2.15. The van der Waals surface area contributed by atoms with E-state index in [2.05, 4.69) is 31.2 Å². The third-order valence-corrected chi connectivity index (χ3v) is 3.14. The van der Waals surface area contributed by atoms with Crippen LogP contribution in [0.3, 0.4) is 0 Å². The molecule has 5 nitrogen and oxygen atoms in total. The van der Waals surface area contributed by atoms with Crippen LogP contribution in [0.15, 0.2) is 29.0 Å². The third kappa shape index (κ3) is 3.08. The van der Waals surface area contributed by atoms with Crippen LogP contribution < -0.4 is 11.1 Å². The number of nitrogens with zero attached hydrogens (tertiary/aromatic N) is 2. The smallest absolute Gasteiger partial charge is 0.275 e. The van der Waals surface area contributed by atoms with Gasteiger partial charge in [-0.2, -0.15) is 0 Å². The number of carbonyl (C=O) groups is 1. The van der Waals surface area contributed by atoms with Crippen molar-refractivity contribution in [3.05, 3.63) is 46.0 Å². The van der Waals surface area contributed by atoms with E-state index in [0.717, 1.165) is 15.7 Å². The Morgan fingerprint density at radius 1 is 1.26 bits per heavy atom. The summed E-state index contributed by atoms with van der Waals surface area (Å²) in [5, 5.41) is 2.73. The number of nitrogens with two attached hydrogens (primary N) is 1. The zero-order chi connectivity index (χ0) is 14.0. The van der Waals surface area contributed by atoms with Gasteiger partial charge < -0.3 is 11.1 Å². The second-order valence-electron chi connectivity index (χ2n) is 4.21. The van der Waals surface area contributed by atoms with Crippen LogP contribution in [0.1, 0.15) is 21.7 Å². The Kier molecular flexibility index (Phi) is 3.80. The molecule has 1 aromatic heterocycles. The summed E-state index contributed by atoms with van der Waals surface area (Å²) in [5.74, 6) is -0.344. The van der Waals surface area contributed by atoms with E-state index in [0.29, 0.717) is 11.4 Å². The van der Waals surface area contributed by atoms with Gasteiger partial charge in [-0.15, -0.1) is 0 Å². The molecule has 0 fully saturated rings. The standard InChI is InChI=1S/C13H13BrN4O/c1-7-3-9(14)12(10(15)4-7)18-13(19)11-6-16-8(2)5-17-11/h3-6H,15H2,1-2H3,(H,18,19). The fourth-order valence-corrected chi connectivity index (χ4v) is 2.28. The van der Waals surface area contributed by atoms with Crippen LogP contribution in [0.5, 0.6) is 0 Å². The Morgan fingerprint density at radius 3 is 2.58 bits per heavy atom. The fraction of sp³-hybridized carbons (Fsp3) is 0.154. The van der Waals surface area contributed by atoms with Crippen molar-refractivity contribution >= 4 is 33.2 Å². The van der Waals surface area contributed by atoms with Crippen molar-refractivity contribution in [2.45, 2.75) is 13.8 Å². The van der Waals surface area contributed by atoms with Gasteiger partial charge in [0, 0.05) is 10.7 Å². The number of hydrogen-bond donors (Lipinski definition) is 2. The monoisotopic (exact) mass is 320 g/mol. The molecule has 2 aromatic rings. The molecule has 2 rings (SSSR count). The highest BCUT2D eigenvalue weighted by atomic mass is 79.9. The first-order valence-electron chi connectivity index (χ1n) is 5.63. The van der Waals surface area contributed by atoms with Gasteiger partial charge in [-0.25, -0.2) is 4.98 Å². The minimum Gasteiger partial charge on any atom is -0.397 e. The number of nitrogens with one attached hydrogen (secondary N) is 1. The maximum atomic E-state index is 12.0. The van der Waals surface area contributed by atoms with Gasteiger partial charge in [0.25, 0.3) is 5.91 Å². The molecule has 0 saturated heterocycles. The Balaban J connectivity index is 2.26. The first-order valence-corrected chi connectivity index (χ1v) is 6.42. The second-order valence-corrected chi connectivity index (χ2v) is 5.06. The quantitative estimate of drug-likeness (QED) is 0.833. The predicted octanol–water partition coefficient (Wildman–Crippen LogP) is 2.69. The zero-order valence-electron chi connectivity index (χ0n) is 10.6. The van der Waals surface area contributed by atoms with E-state index in [1.165, 1.54) is 6.20 Å². The third-order valence-electron chi connectivity index (χ3n) is 2.52. The molecule has 0 aliphatic heterocycles. The van der Waals surface area contributed by atoms with E-state index in [4.69, 9.17) is 5.73 Å². The van der Waals surface area contributed by atoms with Crippen molar-refractivity contribution in [1.82, 2.24) is 9.97 Å². The first-order chi connectivity index (χ1) is 8.97. The van der Waals surface area contributed by atoms with E-state index < -0.39 is 0 Å². The maximum absolute atomic E-state index is 12.0. The summed E-state index contributed by atoms with van der Waals surface area (Å²) in [6, 6.07) is 3.67. The number of amides is 1. The number of carbonyl (C=O) groups excluding carboxylic acids is 1. The first kappa shape index (κ1) is 13.5. The van der Waals surface area contributed by atoms with E-state index in [1.54, 1.807) is 12.3 Å². The summed E-state index contributed by atoms with van der Waals surface area (Å²) in [6.45, 7) is 3.74. The molecule has 0 saturated carbocycles. The number of hydrogen-bond acceptors (Lipinski definition) is 4. The Morgan fingerprint density at radius 2 is 2.00 bits per heavy atom. The van der Waals surface area contributed by atoms with Crippen molar-refractivity contribution in [2.24, 2.45) is 0 Å². The molecular weight excluding hydrogens is 308 g/mol. The summed E-state index contributed by atoms with van der Waals surface area (Å²) in [5.41, 5.74) is 8.95. The average Bonchev–Trinajstić information content (AvgIpc) is 2.34. The molecule has 0 radical (unpaired) electrons. The number of aryl methyl sites for hydroxylation is 2. The fourth-order valence-electron chi connectivity index (χ4n) is 1.59. The maximum Gasteiger partial charge on any atom is 0.275 e. The lowest BCUT2D eigenvalue weighted by atomic mass is 10.2. The number of nitrogen functional groups attached to an aromatic ring is 1. The minimum absolute atomic E-state index is 0.248. The van der Waals surface area contributed by atoms with Crippen LogP contribution >= 0.6 is 15.9 Å². The predicted molar refractivity (Wildman–Crippen MR) is 78.0 cm³/mol. The molecule has 0 atom stereocenters. The van der Waals surface area contributed by atoms with Gasteiger partial charge in [0.1, 0.15) is 5.69 Å². The van der Waals surface area contributed by atoms with Gasteiger partial charge in [-0.3, -0.25) is 9.78 Å². The van der Waals surface area contributed by atoms with Gasteiger partial charge in [-0.05, 0) is 47.5 Å². The molecular formula is C13H13BrN4O. The summed E-state index contributed by atoms with van der Waals surface area (Å²) in [7, 11) is 0. The molecule has 0 bridgehead atoms. The van der Waals surface area contributed by atoms with E-state index >= 15 is 0 Å². The Labute approximate surface area is 119 Å². The van der Waals surface area contributed by atoms with Crippen LogP contribution in [-0.4, -0.2) is 15.9 Å². The SMILES string of the molecule is Cc1cc(N)c(NC(=O)c2cnc(C)cn2)c(Br)c1. The molecule has 1 heterocycles. The van der Waals surface area contributed by atoms with Gasteiger partial charge in [0.05, 0.1) is 23.3 Å². The average molecular weight is 321 g/mol. The molecule has 19 heavy (non-hydrogen) atoms. The summed E-state index contributed by atoms with van der Waals surface area (Å²) >= 11 is 3.38. The van der Waals surface area contributed by atoms with Gasteiger partial charge >= 0.3 is 0 Å². The largest absolute Gasteiger partial charge is 0.397 e. The van der Waals surface area contributed by atoms with Crippen LogP contribution in [0, 0.1) is 13.8 Å². The highest BCUT2D eigenvalue weighted by Crippen LogP contribution is 2.30. The Bertz CT molecular complexity index is 602. The van der Waals surface area contributed by atoms with Gasteiger partial charge in [-0.1, -0.05) is 0 Å². The molecule has 1 amide bonds. The number of benzene rings is 1. The van der Waals surface area contributed by atoms with Gasteiger partial charge in [0.15, 0.2) is 0 Å². The lowest BCUT2D eigenvalue weighted by Gasteiger charge is -2.11. The van der Waals surface area contributed by atoms with Gasteiger partial charge in [0.2, 0.25) is 0 Å². The summed E-state index contributed by atoms with van der Waals surface area (Å²) < 4.78 is 0.735. The number of aromatic nitrogens is 2. The Hall–Kier alpha value is -1.95. The van der Waals surface area contributed by atoms with Crippen LogP contribution in [-0.2, 0) is 0 Å². The van der Waals surface area contributed by atoms with Crippen molar-refractivity contribution < 1.29 is 4.79 Å². The van der Waals surface area contributed by atoms with Crippen molar-refractivity contribution in [2.75, 3.05) is 11.1 Å². The molecule has 6 heteroatoms. The second kappa shape index (κ2) is 5.36. The molecule has 1 aromatic carbocycles. The number of halogens is 1. The van der Waals surface area contributed by atoms with Crippen LogP contribution in [0.25, 0.3) is 0 Å². The normalized spacial score (nSPS) is 10.3. The lowest BCUT2D eigenvalue weighted by molar-refractivity contribution is 0.102. The molecule has 98 valence electrons. The van der Waals surface area contributed by atoms with E-state index in [-0.39, 0.29) is 11.6 Å². The topological polar surface area (TPSA) is 80.9 Å². The summed E-state index contributed by atoms with van der Waals surface area (Å²) in [6.07, 6.45) is 2.98. The van der Waals surface area contributed by atoms with Crippen LogP contribution in [0.2, 0.25) is 0 Å². The highest BCUT2D eigenvalue weighted by molar-refractivity contribution is 9.10. The van der Waals surface area contributed by atoms with Crippen molar-refractivity contribution in [1.29, 1.82) is 0 Å². The van der Waals surface area contributed by atoms with Crippen LogP contribution in [0.4, 0.5) is 11.4 Å². The van der Waals surface area contributed by atoms with Crippen molar-refractivity contribution in [3.8, 4) is 0 Å². The molecule has 0 unspecified atom stereocenters. The van der Waals surface area contributed by atoms with E-state index in [1.807, 2.05) is 19.9 Å². The minimum atomic E-state index is -0.344. The molecule has 0 aliphatic rings. The molecule has 0 aliphatic carbocycles. The van der Waals surface area contributed by atoms with Crippen molar-refractivity contribution in [3.63, 3.8) is 0 Å². The number of rotatable bonds is 2. The summed E-state index contributed by atoms with van der Waals surface area (Å²) in [4.78, 5) is 20.1. The molecule has 0 spiro atoms.